The highest BCUT2D eigenvalue weighted by Gasteiger charge is 2.34. The monoisotopic (exact) mass is 270 g/mol. The Kier molecular flexibility index (Phi) is 3.38. The molecule has 3 nitrogen and oxygen atoms in total. The molecule has 3 heteroatoms. The second-order valence-electron chi connectivity index (χ2n) is 6.57. The van der Waals surface area contributed by atoms with Gasteiger partial charge in [0, 0.05) is 37.0 Å². The maximum Gasteiger partial charge on any atom is 0.109 e. The molecule has 1 unspecified atom stereocenters. The molecule has 1 aliphatic rings. The van der Waals surface area contributed by atoms with Crippen LogP contribution in [0.5, 0.6) is 0 Å². The van der Waals surface area contributed by atoms with Crippen LogP contribution in [-0.4, -0.2) is 4.98 Å². The van der Waals surface area contributed by atoms with Gasteiger partial charge in [0.1, 0.15) is 11.5 Å². The number of pyridine rings is 1. The summed E-state index contributed by atoms with van der Waals surface area (Å²) in [4.78, 5) is 4.06. The quantitative estimate of drug-likeness (QED) is 0.922. The molecule has 0 spiro atoms. The Labute approximate surface area is 120 Å². The van der Waals surface area contributed by atoms with E-state index in [1.807, 2.05) is 19.3 Å². The van der Waals surface area contributed by atoms with Crippen molar-refractivity contribution in [3.8, 4) is 0 Å². The highest BCUT2D eigenvalue weighted by molar-refractivity contribution is 5.29. The molecular formula is C17H22N2O. The number of aromatic nitrogens is 1. The van der Waals surface area contributed by atoms with Crippen LogP contribution in [0.3, 0.4) is 0 Å². The molecule has 0 bridgehead atoms. The molecule has 0 saturated carbocycles. The van der Waals surface area contributed by atoms with Gasteiger partial charge in [-0.25, -0.2) is 0 Å². The van der Waals surface area contributed by atoms with Crippen molar-refractivity contribution in [2.75, 3.05) is 0 Å². The molecular weight excluding hydrogens is 248 g/mol. The standard InChI is InChI=1S/C17H22N2O/c1-12-8-14-15(9-17(2,3)10-16(14)20-12)19-11-13-4-6-18-7-5-13/h4-8,15,19H,9-11H2,1-3H3. The lowest BCUT2D eigenvalue weighted by Crippen LogP contribution is -2.32. The highest BCUT2D eigenvalue weighted by Crippen LogP contribution is 2.42. The summed E-state index contributed by atoms with van der Waals surface area (Å²) in [5.74, 6) is 2.18. The topological polar surface area (TPSA) is 38.1 Å². The van der Waals surface area contributed by atoms with Crippen LogP contribution in [0.15, 0.2) is 35.0 Å². The Morgan fingerprint density at radius 1 is 1.35 bits per heavy atom. The molecule has 2 aromatic rings. The maximum absolute atomic E-state index is 5.87. The molecule has 0 radical (unpaired) electrons. The summed E-state index contributed by atoms with van der Waals surface area (Å²) in [5, 5.41) is 3.68. The Balaban J connectivity index is 1.78. The van der Waals surface area contributed by atoms with E-state index in [1.165, 1.54) is 11.1 Å². The molecule has 1 atom stereocenters. The molecule has 1 aliphatic carbocycles. The van der Waals surface area contributed by atoms with Gasteiger partial charge in [-0.05, 0) is 42.5 Å². The van der Waals surface area contributed by atoms with Crippen LogP contribution < -0.4 is 5.32 Å². The molecule has 0 aliphatic heterocycles. The smallest absolute Gasteiger partial charge is 0.109 e. The fourth-order valence-electron chi connectivity index (χ4n) is 3.11. The SMILES string of the molecule is Cc1cc2c(o1)CC(C)(C)CC2NCc1ccncc1. The number of nitrogens with one attached hydrogen (secondary N) is 1. The maximum atomic E-state index is 5.87. The third-order valence-corrected chi connectivity index (χ3v) is 4.04. The van der Waals surface area contributed by atoms with Crippen molar-refractivity contribution >= 4 is 0 Å². The summed E-state index contributed by atoms with van der Waals surface area (Å²) in [7, 11) is 0. The van der Waals surface area contributed by atoms with Gasteiger partial charge in [0.25, 0.3) is 0 Å². The number of furan rings is 1. The van der Waals surface area contributed by atoms with Gasteiger partial charge < -0.3 is 9.73 Å². The largest absolute Gasteiger partial charge is 0.466 e. The minimum Gasteiger partial charge on any atom is -0.466 e. The highest BCUT2D eigenvalue weighted by atomic mass is 16.3. The van der Waals surface area contributed by atoms with Crippen LogP contribution in [-0.2, 0) is 13.0 Å². The average Bonchev–Trinajstić information content (AvgIpc) is 2.76. The van der Waals surface area contributed by atoms with Gasteiger partial charge in [0.05, 0.1) is 0 Å². The second-order valence-corrected chi connectivity index (χ2v) is 6.57. The molecule has 0 fully saturated rings. The summed E-state index contributed by atoms with van der Waals surface area (Å²) in [6.07, 6.45) is 5.86. The second kappa shape index (κ2) is 5.06. The zero-order valence-electron chi connectivity index (χ0n) is 12.4. The summed E-state index contributed by atoms with van der Waals surface area (Å²) in [5.41, 5.74) is 2.90. The molecule has 1 N–H and O–H groups in total. The molecule has 0 aromatic carbocycles. The van der Waals surface area contributed by atoms with Gasteiger partial charge in [0.15, 0.2) is 0 Å². The molecule has 0 amide bonds. The van der Waals surface area contributed by atoms with Crippen LogP contribution in [0, 0.1) is 12.3 Å². The van der Waals surface area contributed by atoms with Gasteiger partial charge in [0.2, 0.25) is 0 Å². The third kappa shape index (κ3) is 2.78. The van der Waals surface area contributed by atoms with Crippen LogP contribution in [0.1, 0.15) is 49.0 Å². The van der Waals surface area contributed by atoms with Gasteiger partial charge in [-0.15, -0.1) is 0 Å². The van der Waals surface area contributed by atoms with E-state index >= 15 is 0 Å². The van der Waals surface area contributed by atoms with Crippen LogP contribution in [0.25, 0.3) is 0 Å². The predicted octanol–water partition coefficient (Wildman–Crippen LogP) is 3.79. The summed E-state index contributed by atoms with van der Waals surface area (Å²) in [6, 6.07) is 6.68. The Bertz CT molecular complexity index is 586. The van der Waals surface area contributed by atoms with Crippen LogP contribution in [0.2, 0.25) is 0 Å². The zero-order valence-corrected chi connectivity index (χ0v) is 12.4. The van der Waals surface area contributed by atoms with E-state index in [4.69, 9.17) is 4.42 Å². The van der Waals surface area contributed by atoms with E-state index in [0.29, 0.717) is 6.04 Å². The van der Waals surface area contributed by atoms with Crippen molar-refractivity contribution in [1.29, 1.82) is 0 Å². The van der Waals surface area contributed by atoms with Crippen molar-refractivity contribution in [3.63, 3.8) is 0 Å². The Hall–Kier alpha value is -1.61. The van der Waals surface area contributed by atoms with Crippen molar-refractivity contribution in [2.45, 2.75) is 46.2 Å². The number of rotatable bonds is 3. The van der Waals surface area contributed by atoms with E-state index in [-0.39, 0.29) is 5.41 Å². The lowest BCUT2D eigenvalue weighted by atomic mass is 9.74. The average molecular weight is 270 g/mol. The van der Waals surface area contributed by atoms with Gasteiger partial charge in [-0.1, -0.05) is 13.8 Å². The van der Waals surface area contributed by atoms with E-state index < -0.39 is 0 Å². The lowest BCUT2D eigenvalue weighted by molar-refractivity contribution is 0.233. The first-order chi connectivity index (χ1) is 9.53. The molecule has 106 valence electrons. The molecule has 3 rings (SSSR count). The third-order valence-electron chi connectivity index (χ3n) is 4.04. The summed E-state index contributed by atoms with van der Waals surface area (Å²) >= 11 is 0. The van der Waals surface area contributed by atoms with Crippen LogP contribution in [0.4, 0.5) is 0 Å². The summed E-state index contributed by atoms with van der Waals surface area (Å²) < 4.78 is 5.87. The lowest BCUT2D eigenvalue weighted by Gasteiger charge is -2.34. The minimum atomic E-state index is 0.285. The van der Waals surface area contributed by atoms with Gasteiger partial charge in [-0.3, -0.25) is 4.98 Å². The van der Waals surface area contributed by atoms with E-state index in [1.54, 1.807) is 0 Å². The number of hydrogen-bond donors (Lipinski definition) is 1. The van der Waals surface area contributed by atoms with E-state index in [9.17, 15) is 0 Å². The Morgan fingerprint density at radius 2 is 2.10 bits per heavy atom. The predicted molar refractivity (Wildman–Crippen MR) is 79.4 cm³/mol. The van der Waals surface area contributed by atoms with Crippen molar-refractivity contribution in [3.05, 3.63) is 53.2 Å². The van der Waals surface area contributed by atoms with Gasteiger partial charge in [-0.2, -0.15) is 0 Å². The van der Waals surface area contributed by atoms with Crippen LogP contribution >= 0.6 is 0 Å². The number of aryl methyl sites for hydroxylation is 1. The first-order valence-corrected chi connectivity index (χ1v) is 7.25. The first-order valence-electron chi connectivity index (χ1n) is 7.25. The fraction of sp³-hybridized carbons (Fsp3) is 0.471. The van der Waals surface area contributed by atoms with Gasteiger partial charge >= 0.3 is 0 Å². The zero-order chi connectivity index (χ0) is 14.2. The van der Waals surface area contributed by atoms with Crippen molar-refractivity contribution in [2.24, 2.45) is 5.41 Å². The molecule has 2 aromatic heterocycles. The first kappa shape index (κ1) is 13.4. The molecule has 0 saturated heterocycles. The van der Waals surface area contributed by atoms with Crippen molar-refractivity contribution < 1.29 is 4.42 Å². The summed E-state index contributed by atoms with van der Waals surface area (Å²) in [6.45, 7) is 7.53. The van der Waals surface area contributed by atoms with Crippen molar-refractivity contribution in [1.82, 2.24) is 10.3 Å². The van der Waals surface area contributed by atoms with E-state index in [0.717, 1.165) is 30.9 Å². The Morgan fingerprint density at radius 3 is 2.85 bits per heavy atom. The normalized spacial score (nSPS) is 20.6. The number of nitrogens with zero attached hydrogens (tertiary/aromatic N) is 1. The molecule has 20 heavy (non-hydrogen) atoms. The number of fused-ring (bicyclic) bond motifs is 1. The fourth-order valence-corrected chi connectivity index (χ4v) is 3.11. The molecule has 2 heterocycles. The minimum absolute atomic E-state index is 0.285. The number of hydrogen-bond acceptors (Lipinski definition) is 3. The van der Waals surface area contributed by atoms with E-state index in [2.05, 4.69) is 42.3 Å².